The highest BCUT2D eigenvalue weighted by molar-refractivity contribution is 5.91. The van der Waals surface area contributed by atoms with Crippen LogP contribution in [0, 0.1) is 6.92 Å². The van der Waals surface area contributed by atoms with Crippen molar-refractivity contribution < 1.29 is 27.8 Å². The van der Waals surface area contributed by atoms with Crippen LogP contribution in [0.3, 0.4) is 0 Å². The van der Waals surface area contributed by atoms with Crippen molar-refractivity contribution in [2.75, 3.05) is 0 Å². The molecule has 0 saturated carbocycles. The van der Waals surface area contributed by atoms with Gasteiger partial charge < -0.3 is 15.6 Å². The zero-order valence-corrected chi connectivity index (χ0v) is 8.71. The minimum Gasteiger partial charge on any atom is -0.478 e. The third kappa shape index (κ3) is 3.06. The lowest BCUT2D eigenvalue weighted by atomic mass is 10.1. The van der Waals surface area contributed by atoms with Crippen LogP contribution in [-0.4, -0.2) is 22.4 Å². The second kappa shape index (κ2) is 4.58. The van der Waals surface area contributed by atoms with E-state index in [1.165, 1.54) is 6.92 Å². The Hall–Kier alpha value is -1.83. The third-order valence-electron chi connectivity index (χ3n) is 2.00. The van der Waals surface area contributed by atoms with Crippen molar-refractivity contribution in [2.24, 2.45) is 5.73 Å². The normalized spacial score (nSPS) is 11.4. The molecule has 1 rings (SSSR count). The van der Waals surface area contributed by atoms with Crippen LogP contribution in [0.25, 0.3) is 0 Å². The molecule has 0 atom stereocenters. The lowest BCUT2D eigenvalue weighted by Gasteiger charge is -2.13. The molecule has 0 aliphatic rings. The monoisotopic (exact) mass is 250 g/mol. The van der Waals surface area contributed by atoms with Crippen molar-refractivity contribution in [1.29, 1.82) is 0 Å². The van der Waals surface area contributed by atoms with Crippen LogP contribution in [0.5, 0.6) is 5.88 Å². The van der Waals surface area contributed by atoms with Gasteiger partial charge >= 0.3 is 12.3 Å². The van der Waals surface area contributed by atoms with Gasteiger partial charge in [0, 0.05) is 18.3 Å². The number of ether oxygens (including phenoxy) is 1. The Morgan fingerprint density at radius 1 is 1.59 bits per heavy atom. The van der Waals surface area contributed by atoms with Crippen molar-refractivity contribution in [1.82, 2.24) is 4.98 Å². The quantitative estimate of drug-likeness (QED) is 0.847. The van der Waals surface area contributed by atoms with Gasteiger partial charge in [-0.2, -0.15) is 0 Å². The Bertz CT molecular complexity index is 446. The summed E-state index contributed by atoms with van der Waals surface area (Å²) >= 11 is 0. The third-order valence-corrected chi connectivity index (χ3v) is 2.00. The van der Waals surface area contributed by atoms with E-state index in [2.05, 4.69) is 9.72 Å². The molecule has 17 heavy (non-hydrogen) atoms. The summed E-state index contributed by atoms with van der Waals surface area (Å²) in [6.45, 7) is 1.04. The van der Waals surface area contributed by atoms with Crippen LogP contribution in [0.1, 0.15) is 21.5 Å². The zero-order valence-electron chi connectivity index (χ0n) is 8.71. The maximum Gasteiger partial charge on any atom is 0.574 e. The second-order valence-electron chi connectivity index (χ2n) is 3.15. The van der Waals surface area contributed by atoms with E-state index in [9.17, 15) is 18.0 Å². The highest BCUT2D eigenvalue weighted by Crippen LogP contribution is 2.27. The van der Waals surface area contributed by atoms with E-state index >= 15 is 0 Å². The van der Waals surface area contributed by atoms with Crippen molar-refractivity contribution in [3.8, 4) is 5.88 Å². The summed E-state index contributed by atoms with van der Waals surface area (Å²) in [5.41, 5.74) is 4.88. The first-order valence-electron chi connectivity index (χ1n) is 4.44. The molecular weight excluding hydrogens is 241 g/mol. The summed E-state index contributed by atoms with van der Waals surface area (Å²) in [7, 11) is 0. The SMILES string of the molecule is Cc1c(OC(F)(F)F)ncc(CN)c1C(=O)O. The maximum absolute atomic E-state index is 12.0. The highest BCUT2D eigenvalue weighted by Gasteiger charge is 2.33. The molecular formula is C9H9F3N2O3. The zero-order chi connectivity index (χ0) is 13.2. The van der Waals surface area contributed by atoms with Crippen LogP contribution in [0.15, 0.2) is 6.20 Å². The van der Waals surface area contributed by atoms with E-state index in [0.717, 1.165) is 6.20 Å². The molecule has 0 spiro atoms. The summed E-state index contributed by atoms with van der Waals surface area (Å²) in [6, 6.07) is 0. The minimum absolute atomic E-state index is 0.137. The summed E-state index contributed by atoms with van der Waals surface area (Å²) < 4.78 is 39.6. The second-order valence-corrected chi connectivity index (χ2v) is 3.15. The van der Waals surface area contributed by atoms with Crippen LogP contribution >= 0.6 is 0 Å². The Morgan fingerprint density at radius 3 is 2.59 bits per heavy atom. The van der Waals surface area contributed by atoms with Crippen LogP contribution < -0.4 is 10.5 Å². The number of nitrogens with zero attached hydrogens (tertiary/aromatic N) is 1. The Kier molecular flexibility index (Phi) is 3.56. The molecule has 0 aromatic carbocycles. The molecule has 8 heteroatoms. The lowest BCUT2D eigenvalue weighted by molar-refractivity contribution is -0.276. The number of carboxylic acids is 1. The summed E-state index contributed by atoms with van der Waals surface area (Å²) in [5, 5.41) is 8.88. The van der Waals surface area contributed by atoms with Gasteiger partial charge in [0.1, 0.15) is 0 Å². The average molecular weight is 250 g/mol. The minimum atomic E-state index is -4.92. The molecule has 0 unspecified atom stereocenters. The predicted molar refractivity (Wildman–Crippen MR) is 50.5 cm³/mol. The molecule has 94 valence electrons. The molecule has 1 aromatic rings. The molecule has 0 fully saturated rings. The topological polar surface area (TPSA) is 85.4 Å². The molecule has 0 aliphatic heterocycles. The number of halogens is 3. The van der Waals surface area contributed by atoms with Crippen LogP contribution in [-0.2, 0) is 6.54 Å². The molecule has 0 aliphatic carbocycles. The van der Waals surface area contributed by atoms with Gasteiger partial charge in [-0.1, -0.05) is 0 Å². The van der Waals surface area contributed by atoms with Gasteiger partial charge in [0.25, 0.3) is 0 Å². The van der Waals surface area contributed by atoms with E-state index in [1.54, 1.807) is 0 Å². The van der Waals surface area contributed by atoms with Gasteiger partial charge in [0.2, 0.25) is 5.88 Å². The van der Waals surface area contributed by atoms with Crippen LogP contribution in [0.4, 0.5) is 13.2 Å². The van der Waals surface area contributed by atoms with Gasteiger partial charge in [-0.05, 0) is 12.5 Å². The number of aromatic nitrogens is 1. The molecule has 1 heterocycles. The van der Waals surface area contributed by atoms with E-state index in [1.807, 2.05) is 0 Å². The highest BCUT2D eigenvalue weighted by atomic mass is 19.4. The van der Waals surface area contributed by atoms with Crippen LogP contribution in [0.2, 0.25) is 0 Å². The average Bonchev–Trinajstić information content (AvgIpc) is 2.18. The first-order valence-corrected chi connectivity index (χ1v) is 4.44. The fourth-order valence-corrected chi connectivity index (χ4v) is 1.31. The number of rotatable bonds is 3. The van der Waals surface area contributed by atoms with Crippen molar-refractivity contribution in [3.63, 3.8) is 0 Å². The largest absolute Gasteiger partial charge is 0.574 e. The molecule has 0 bridgehead atoms. The Balaban J connectivity index is 3.28. The number of aromatic carboxylic acids is 1. The Labute approximate surface area is 94.0 Å². The summed E-state index contributed by atoms with van der Waals surface area (Å²) in [5.74, 6) is -2.16. The first kappa shape index (κ1) is 13.2. The lowest BCUT2D eigenvalue weighted by Crippen LogP contribution is -2.20. The number of alkyl halides is 3. The van der Waals surface area contributed by atoms with Gasteiger partial charge in [0.15, 0.2) is 0 Å². The number of pyridine rings is 1. The summed E-state index contributed by atoms with van der Waals surface area (Å²) in [4.78, 5) is 14.3. The number of carboxylic acid groups (broad SMARTS) is 1. The number of hydrogen-bond acceptors (Lipinski definition) is 4. The number of nitrogens with two attached hydrogens (primary N) is 1. The molecule has 0 saturated heterocycles. The maximum atomic E-state index is 12.0. The standard InChI is InChI=1S/C9H9F3N2O3/c1-4-6(8(15)16)5(2-13)3-14-7(4)17-9(10,11)12/h3H,2,13H2,1H3,(H,15,16). The summed E-state index contributed by atoms with van der Waals surface area (Å²) in [6.07, 6.45) is -3.96. The van der Waals surface area contributed by atoms with Crippen molar-refractivity contribution >= 4 is 5.97 Å². The van der Waals surface area contributed by atoms with E-state index in [-0.39, 0.29) is 23.2 Å². The Morgan fingerprint density at radius 2 is 2.18 bits per heavy atom. The fourth-order valence-electron chi connectivity index (χ4n) is 1.31. The van der Waals surface area contributed by atoms with E-state index in [0.29, 0.717) is 0 Å². The number of hydrogen-bond donors (Lipinski definition) is 2. The van der Waals surface area contributed by atoms with Gasteiger partial charge in [-0.3, -0.25) is 0 Å². The van der Waals surface area contributed by atoms with Gasteiger partial charge in [-0.25, -0.2) is 9.78 Å². The molecule has 0 amide bonds. The molecule has 3 N–H and O–H groups in total. The number of carbonyl (C=O) groups is 1. The first-order chi connectivity index (χ1) is 7.76. The smallest absolute Gasteiger partial charge is 0.478 e. The van der Waals surface area contributed by atoms with Crippen molar-refractivity contribution in [3.05, 3.63) is 22.9 Å². The van der Waals surface area contributed by atoms with E-state index in [4.69, 9.17) is 10.8 Å². The van der Waals surface area contributed by atoms with E-state index < -0.39 is 18.2 Å². The van der Waals surface area contributed by atoms with Gasteiger partial charge in [0.05, 0.1) is 5.56 Å². The molecule has 1 aromatic heterocycles. The predicted octanol–water partition coefficient (Wildman–Crippen LogP) is 1.45. The fraction of sp³-hybridized carbons (Fsp3) is 0.333. The van der Waals surface area contributed by atoms with Gasteiger partial charge in [-0.15, -0.1) is 13.2 Å². The molecule has 0 radical (unpaired) electrons. The van der Waals surface area contributed by atoms with Crippen molar-refractivity contribution in [2.45, 2.75) is 19.8 Å². The molecule has 5 nitrogen and oxygen atoms in total.